The van der Waals surface area contributed by atoms with Gasteiger partial charge in [-0.1, -0.05) is 56.3 Å². The molecule has 2 aromatic rings. The van der Waals surface area contributed by atoms with Crippen molar-refractivity contribution in [3.63, 3.8) is 0 Å². The van der Waals surface area contributed by atoms with E-state index in [1.165, 1.54) is 24.3 Å². The van der Waals surface area contributed by atoms with Crippen LogP contribution >= 0.6 is 0 Å². The molecule has 0 radical (unpaired) electrons. The fourth-order valence-electron chi connectivity index (χ4n) is 1.98. The monoisotopic (exact) mass is 331 g/mol. The lowest BCUT2D eigenvalue weighted by Crippen LogP contribution is -2.36. The van der Waals surface area contributed by atoms with Crippen LogP contribution < -0.4 is 4.72 Å². The van der Waals surface area contributed by atoms with Crippen LogP contribution in [-0.2, 0) is 14.8 Å². The molecule has 0 saturated carbocycles. The molecule has 0 aliphatic heterocycles. The van der Waals surface area contributed by atoms with Crippen LogP contribution in [0, 0.1) is 0 Å². The van der Waals surface area contributed by atoms with E-state index in [2.05, 4.69) is 0 Å². The summed E-state index contributed by atoms with van der Waals surface area (Å²) in [5, 5.41) is 0. The third-order valence-electron chi connectivity index (χ3n) is 3.33. The van der Waals surface area contributed by atoms with E-state index >= 15 is 0 Å². The van der Waals surface area contributed by atoms with Crippen LogP contribution in [0.4, 0.5) is 0 Å². The van der Waals surface area contributed by atoms with E-state index in [1.54, 1.807) is 35.1 Å². The van der Waals surface area contributed by atoms with Gasteiger partial charge in [-0.15, -0.1) is 0 Å². The molecule has 0 bridgehead atoms. The molecule has 0 unspecified atom stereocenters. The van der Waals surface area contributed by atoms with Crippen LogP contribution in [-0.4, -0.2) is 20.1 Å². The predicted molar refractivity (Wildman–Crippen MR) is 86.6 cm³/mol. The summed E-state index contributed by atoms with van der Waals surface area (Å²) in [6.07, 6.45) is 0. The van der Waals surface area contributed by atoms with Gasteiger partial charge in [0.1, 0.15) is 0 Å². The van der Waals surface area contributed by atoms with Crippen LogP contribution in [0.15, 0.2) is 59.5 Å². The van der Waals surface area contributed by atoms with Crippen molar-refractivity contribution in [2.75, 3.05) is 0 Å². The maximum absolute atomic E-state index is 12.2. The third-order valence-corrected chi connectivity index (χ3v) is 4.67. The quantitative estimate of drug-likeness (QED) is 0.674. The highest BCUT2D eigenvalue weighted by molar-refractivity contribution is 7.90. The molecule has 2 aromatic carbocycles. The molecule has 5 nitrogen and oxygen atoms in total. The van der Waals surface area contributed by atoms with E-state index in [0.717, 1.165) is 5.56 Å². The first kappa shape index (κ1) is 16.9. The highest BCUT2D eigenvalue weighted by Crippen LogP contribution is 2.17. The van der Waals surface area contributed by atoms with Crippen LogP contribution in [0.5, 0.6) is 0 Å². The normalized spacial score (nSPS) is 11.3. The molecular formula is C17H17NO4S. The number of Topliss-reactive ketones (excluding diaryl/α,β-unsaturated/α-hetero) is 1. The Kier molecular flexibility index (Phi) is 4.95. The maximum atomic E-state index is 12.2. The minimum absolute atomic E-state index is 0.0592. The Morgan fingerprint density at radius 1 is 0.913 bits per heavy atom. The summed E-state index contributed by atoms with van der Waals surface area (Å²) in [7, 11) is -4.08. The molecule has 120 valence electrons. The largest absolute Gasteiger partial charge is 0.306 e. The second kappa shape index (κ2) is 6.75. The summed E-state index contributed by atoms with van der Waals surface area (Å²) < 4.78 is 26.2. The Morgan fingerprint density at radius 3 is 2.00 bits per heavy atom. The van der Waals surface area contributed by atoms with Crippen LogP contribution in [0.2, 0.25) is 0 Å². The second-order valence-corrected chi connectivity index (χ2v) is 7.04. The van der Waals surface area contributed by atoms with Gasteiger partial charge in [-0.2, -0.15) is 0 Å². The van der Waals surface area contributed by atoms with Crippen molar-refractivity contribution < 1.29 is 18.0 Å². The van der Waals surface area contributed by atoms with Crippen molar-refractivity contribution in [2.45, 2.75) is 24.7 Å². The summed E-state index contributed by atoms with van der Waals surface area (Å²) in [5.74, 6) is -1.81. The van der Waals surface area contributed by atoms with E-state index in [9.17, 15) is 18.0 Å². The van der Waals surface area contributed by atoms with Gasteiger partial charge in [-0.25, -0.2) is 13.1 Å². The number of carbonyl (C=O) groups is 2. The molecule has 23 heavy (non-hydrogen) atoms. The van der Waals surface area contributed by atoms with Crippen LogP contribution in [0.1, 0.15) is 35.7 Å². The van der Waals surface area contributed by atoms with Gasteiger partial charge in [0.05, 0.1) is 4.90 Å². The molecular weight excluding hydrogens is 314 g/mol. The topological polar surface area (TPSA) is 80.3 Å². The van der Waals surface area contributed by atoms with Gasteiger partial charge in [-0.05, 0) is 23.6 Å². The van der Waals surface area contributed by atoms with Gasteiger partial charge in [-0.3, -0.25) is 9.59 Å². The van der Waals surface area contributed by atoms with E-state index in [0.29, 0.717) is 0 Å². The molecule has 0 spiro atoms. The number of hydrogen-bond acceptors (Lipinski definition) is 4. The Hall–Kier alpha value is -2.47. The lowest BCUT2D eigenvalue weighted by molar-refractivity contribution is -0.115. The minimum atomic E-state index is -4.08. The smallest absolute Gasteiger partial charge is 0.283 e. The summed E-state index contributed by atoms with van der Waals surface area (Å²) in [6, 6.07) is 14.0. The number of amides is 1. The van der Waals surface area contributed by atoms with Gasteiger partial charge >= 0.3 is 5.91 Å². The predicted octanol–water partition coefficient (Wildman–Crippen LogP) is 2.50. The summed E-state index contributed by atoms with van der Waals surface area (Å²) in [4.78, 5) is 23.7. The van der Waals surface area contributed by atoms with E-state index < -0.39 is 21.7 Å². The number of sulfonamides is 1. The molecule has 0 aliphatic rings. The third kappa shape index (κ3) is 4.04. The lowest BCUT2D eigenvalue weighted by atomic mass is 10.0. The van der Waals surface area contributed by atoms with Gasteiger partial charge in [0.25, 0.3) is 15.8 Å². The second-order valence-electron chi connectivity index (χ2n) is 5.35. The number of carbonyl (C=O) groups excluding carboxylic acids is 2. The average molecular weight is 331 g/mol. The first-order valence-electron chi connectivity index (χ1n) is 7.08. The molecule has 0 saturated heterocycles. The highest BCUT2D eigenvalue weighted by atomic mass is 32.2. The molecule has 0 fully saturated rings. The summed E-state index contributed by atoms with van der Waals surface area (Å²) in [6.45, 7) is 3.98. The Bertz CT molecular complexity index is 809. The SMILES string of the molecule is CC(C)c1ccc(S(=O)(=O)NC(=O)C(=O)c2ccccc2)cc1. The first-order valence-corrected chi connectivity index (χ1v) is 8.56. The van der Waals surface area contributed by atoms with Gasteiger partial charge in [0.2, 0.25) is 0 Å². The molecule has 0 heterocycles. The first-order chi connectivity index (χ1) is 10.8. The molecule has 1 amide bonds. The van der Waals surface area contributed by atoms with Crippen molar-refractivity contribution in [1.29, 1.82) is 0 Å². The zero-order chi connectivity index (χ0) is 17.0. The number of nitrogens with one attached hydrogen (secondary N) is 1. The standard InChI is InChI=1S/C17H17NO4S/c1-12(2)13-8-10-15(11-9-13)23(21,22)18-17(20)16(19)14-6-4-3-5-7-14/h3-12H,1-2H3,(H,18,20). The van der Waals surface area contributed by atoms with Crippen molar-refractivity contribution in [3.05, 3.63) is 65.7 Å². The van der Waals surface area contributed by atoms with E-state index in [-0.39, 0.29) is 16.4 Å². The molecule has 6 heteroatoms. The molecule has 0 aliphatic carbocycles. The van der Waals surface area contributed by atoms with Crippen molar-refractivity contribution >= 4 is 21.7 Å². The average Bonchev–Trinajstić information content (AvgIpc) is 2.54. The Balaban J connectivity index is 2.17. The Morgan fingerprint density at radius 2 is 1.48 bits per heavy atom. The lowest BCUT2D eigenvalue weighted by Gasteiger charge is -2.09. The van der Waals surface area contributed by atoms with Gasteiger partial charge in [0, 0.05) is 5.56 Å². The highest BCUT2D eigenvalue weighted by Gasteiger charge is 2.23. The number of rotatable bonds is 5. The molecule has 0 aromatic heterocycles. The fourth-order valence-corrected chi connectivity index (χ4v) is 2.93. The number of ketones is 1. The van der Waals surface area contributed by atoms with Crippen molar-refractivity contribution in [1.82, 2.24) is 4.72 Å². The van der Waals surface area contributed by atoms with Crippen LogP contribution in [0.25, 0.3) is 0 Å². The van der Waals surface area contributed by atoms with E-state index in [1.807, 2.05) is 13.8 Å². The van der Waals surface area contributed by atoms with Gasteiger partial charge in [0.15, 0.2) is 0 Å². The molecule has 0 atom stereocenters. The molecule has 1 N–H and O–H groups in total. The fraction of sp³-hybridized carbons (Fsp3) is 0.176. The molecule has 2 rings (SSSR count). The Labute approximate surface area is 135 Å². The minimum Gasteiger partial charge on any atom is -0.283 e. The zero-order valence-corrected chi connectivity index (χ0v) is 13.6. The number of hydrogen-bond donors (Lipinski definition) is 1. The van der Waals surface area contributed by atoms with Crippen LogP contribution in [0.3, 0.4) is 0 Å². The maximum Gasteiger partial charge on any atom is 0.306 e. The summed E-state index contributed by atoms with van der Waals surface area (Å²) >= 11 is 0. The zero-order valence-electron chi connectivity index (χ0n) is 12.8. The van der Waals surface area contributed by atoms with Crippen molar-refractivity contribution in [2.24, 2.45) is 0 Å². The number of benzene rings is 2. The van der Waals surface area contributed by atoms with Gasteiger partial charge < -0.3 is 0 Å². The van der Waals surface area contributed by atoms with Crippen molar-refractivity contribution in [3.8, 4) is 0 Å². The summed E-state index contributed by atoms with van der Waals surface area (Å²) in [5.41, 5.74) is 1.12. The van der Waals surface area contributed by atoms with E-state index in [4.69, 9.17) is 0 Å².